The molecule has 0 aliphatic carbocycles. The lowest BCUT2D eigenvalue weighted by Gasteiger charge is -2.38. The maximum atomic E-state index is 12.3. The Morgan fingerprint density at radius 3 is 2.48 bits per heavy atom. The van der Waals surface area contributed by atoms with Crippen LogP contribution >= 0.6 is 11.3 Å². The van der Waals surface area contributed by atoms with Crippen molar-refractivity contribution in [2.45, 2.75) is 45.2 Å². The van der Waals surface area contributed by atoms with Gasteiger partial charge in [-0.1, -0.05) is 11.3 Å². The van der Waals surface area contributed by atoms with Gasteiger partial charge in [-0.05, 0) is 45.2 Å². The van der Waals surface area contributed by atoms with Crippen molar-refractivity contribution in [2.24, 2.45) is 0 Å². The lowest BCUT2D eigenvalue weighted by Crippen LogP contribution is -2.43. The van der Waals surface area contributed by atoms with E-state index in [0.717, 1.165) is 18.0 Å². The number of hydrogen-bond donors (Lipinski definition) is 2. The number of hydrogen-bond acceptors (Lipinski definition) is 7. The van der Waals surface area contributed by atoms with Crippen molar-refractivity contribution < 1.29 is 14.3 Å². The summed E-state index contributed by atoms with van der Waals surface area (Å²) < 4.78 is 10.4. The largest absolute Gasteiger partial charge is 0.493 e. The monoisotopic (exact) mass is 391 g/mol. The van der Waals surface area contributed by atoms with Gasteiger partial charge in [0.15, 0.2) is 11.5 Å². The number of nitrogens with zero attached hydrogens (tertiary/aromatic N) is 3. The Bertz CT molecular complexity index is 787. The highest BCUT2D eigenvalue weighted by Gasteiger charge is 2.27. The van der Waals surface area contributed by atoms with E-state index in [2.05, 4.69) is 39.6 Å². The number of benzene rings is 1. The first-order chi connectivity index (χ1) is 13.0. The number of carbonyl (C=O) groups excluding carboxylic acids is 1. The fourth-order valence-electron chi connectivity index (χ4n) is 3.34. The van der Waals surface area contributed by atoms with Gasteiger partial charge in [0.05, 0.1) is 14.2 Å². The first-order valence-electron chi connectivity index (χ1n) is 8.93. The van der Waals surface area contributed by atoms with E-state index in [-0.39, 0.29) is 6.03 Å². The number of piperidine rings is 1. The Morgan fingerprint density at radius 2 is 1.81 bits per heavy atom. The second kappa shape index (κ2) is 8.43. The molecule has 2 heterocycles. The Labute approximate surface area is 162 Å². The topological polar surface area (TPSA) is 88.6 Å². The van der Waals surface area contributed by atoms with Gasteiger partial charge in [-0.3, -0.25) is 5.32 Å². The molecule has 0 saturated carbocycles. The molecule has 3 rings (SSSR count). The van der Waals surface area contributed by atoms with Gasteiger partial charge in [0.25, 0.3) is 0 Å². The SMILES string of the molecule is COc1ccc(NC(=O)Nc2nnc(N3[C@H](C)CCC[C@@H]3C)s2)cc1OC. The number of rotatable bonds is 5. The molecular formula is C18H25N5O3S. The molecule has 2 amide bonds. The third kappa shape index (κ3) is 4.41. The molecular weight excluding hydrogens is 366 g/mol. The van der Waals surface area contributed by atoms with Crippen LogP contribution in [0.1, 0.15) is 33.1 Å². The van der Waals surface area contributed by atoms with Crippen LogP contribution in [0.4, 0.5) is 20.7 Å². The molecule has 0 bridgehead atoms. The lowest BCUT2D eigenvalue weighted by molar-refractivity contribution is 0.262. The van der Waals surface area contributed by atoms with Crippen molar-refractivity contribution in [1.29, 1.82) is 0 Å². The van der Waals surface area contributed by atoms with Crippen LogP contribution < -0.4 is 25.0 Å². The molecule has 1 aromatic heterocycles. The molecule has 0 unspecified atom stereocenters. The zero-order valence-corrected chi connectivity index (χ0v) is 16.8. The summed E-state index contributed by atoms with van der Waals surface area (Å²) in [7, 11) is 3.11. The molecule has 9 heteroatoms. The summed E-state index contributed by atoms with van der Waals surface area (Å²) in [5.74, 6) is 1.14. The molecule has 8 nitrogen and oxygen atoms in total. The third-order valence-corrected chi connectivity index (χ3v) is 5.54. The Balaban J connectivity index is 1.64. The van der Waals surface area contributed by atoms with Crippen LogP contribution in [0.25, 0.3) is 0 Å². The Kier molecular flexibility index (Phi) is 6.00. The smallest absolute Gasteiger partial charge is 0.325 e. The quantitative estimate of drug-likeness (QED) is 0.802. The highest BCUT2D eigenvalue weighted by molar-refractivity contribution is 7.19. The van der Waals surface area contributed by atoms with E-state index in [0.29, 0.717) is 34.4 Å². The van der Waals surface area contributed by atoms with E-state index in [1.165, 1.54) is 17.8 Å². The van der Waals surface area contributed by atoms with E-state index in [4.69, 9.17) is 9.47 Å². The van der Waals surface area contributed by atoms with Gasteiger partial charge in [0, 0.05) is 23.8 Å². The van der Waals surface area contributed by atoms with E-state index >= 15 is 0 Å². The summed E-state index contributed by atoms with van der Waals surface area (Å²) in [4.78, 5) is 14.6. The summed E-state index contributed by atoms with van der Waals surface area (Å²) >= 11 is 1.39. The predicted octanol–water partition coefficient (Wildman–Crippen LogP) is 3.97. The molecule has 1 aliphatic rings. The third-order valence-electron chi connectivity index (χ3n) is 4.69. The van der Waals surface area contributed by atoms with Crippen molar-refractivity contribution in [3.8, 4) is 11.5 Å². The van der Waals surface area contributed by atoms with Gasteiger partial charge in [0.2, 0.25) is 10.3 Å². The van der Waals surface area contributed by atoms with Gasteiger partial charge in [-0.15, -0.1) is 10.2 Å². The van der Waals surface area contributed by atoms with Crippen molar-refractivity contribution >= 4 is 33.3 Å². The van der Waals surface area contributed by atoms with E-state index in [9.17, 15) is 4.79 Å². The summed E-state index contributed by atoms with van der Waals surface area (Å²) in [6.45, 7) is 4.40. The summed E-state index contributed by atoms with van der Waals surface area (Å²) in [6.07, 6.45) is 3.52. The molecule has 1 aromatic carbocycles. The zero-order valence-electron chi connectivity index (χ0n) is 16.0. The standard InChI is InChI=1S/C18H25N5O3S/c1-11-6-5-7-12(2)23(11)18-22-21-17(27-18)20-16(24)19-13-8-9-14(25-3)15(10-13)26-4/h8-12H,5-7H2,1-4H3,(H2,19,20,21,24)/t11-,12+. The molecule has 27 heavy (non-hydrogen) atoms. The number of aromatic nitrogens is 2. The van der Waals surface area contributed by atoms with E-state index in [1.807, 2.05) is 0 Å². The minimum Gasteiger partial charge on any atom is -0.493 e. The first-order valence-corrected chi connectivity index (χ1v) is 9.75. The highest BCUT2D eigenvalue weighted by atomic mass is 32.1. The fraction of sp³-hybridized carbons (Fsp3) is 0.500. The molecule has 2 N–H and O–H groups in total. The van der Waals surface area contributed by atoms with Crippen LogP contribution in [0.3, 0.4) is 0 Å². The van der Waals surface area contributed by atoms with Gasteiger partial charge in [-0.25, -0.2) is 4.79 Å². The molecule has 1 fully saturated rings. The average Bonchev–Trinajstić information content (AvgIpc) is 3.09. The lowest BCUT2D eigenvalue weighted by atomic mass is 9.98. The highest BCUT2D eigenvalue weighted by Crippen LogP contribution is 2.33. The van der Waals surface area contributed by atoms with Gasteiger partial charge in [-0.2, -0.15) is 0 Å². The average molecular weight is 391 g/mol. The fourth-order valence-corrected chi connectivity index (χ4v) is 4.29. The van der Waals surface area contributed by atoms with Crippen molar-refractivity contribution in [2.75, 3.05) is 29.8 Å². The molecule has 2 atom stereocenters. The molecule has 2 aromatic rings. The summed E-state index contributed by atoms with van der Waals surface area (Å²) in [6, 6.07) is 5.64. The minimum absolute atomic E-state index is 0.385. The van der Waals surface area contributed by atoms with Crippen LogP contribution in [0.2, 0.25) is 0 Å². The van der Waals surface area contributed by atoms with Crippen molar-refractivity contribution in [3.05, 3.63) is 18.2 Å². The predicted molar refractivity (Wildman–Crippen MR) is 107 cm³/mol. The van der Waals surface area contributed by atoms with Gasteiger partial charge in [0.1, 0.15) is 0 Å². The van der Waals surface area contributed by atoms with E-state index < -0.39 is 0 Å². The summed E-state index contributed by atoms with van der Waals surface area (Å²) in [5, 5.41) is 15.2. The van der Waals surface area contributed by atoms with Crippen LogP contribution in [0, 0.1) is 0 Å². The maximum absolute atomic E-state index is 12.3. The van der Waals surface area contributed by atoms with Crippen molar-refractivity contribution in [1.82, 2.24) is 10.2 Å². The number of methoxy groups -OCH3 is 2. The minimum atomic E-state index is -0.385. The number of anilines is 3. The number of nitrogens with one attached hydrogen (secondary N) is 2. The second-order valence-electron chi connectivity index (χ2n) is 6.57. The second-order valence-corrected chi connectivity index (χ2v) is 7.53. The van der Waals surface area contributed by atoms with E-state index in [1.54, 1.807) is 32.4 Å². The number of amides is 2. The molecule has 1 saturated heterocycles. The normalized spacial score (nSPS) is 19.5. The zero-order chi connectivity index (χ0) is 19.4. The van der Waals surface area contributed by atoms with Crippen LogP contribution in [-0.4, -0.2) is 42.5 Å². The molecule has 0 radical (unpaired) electrons. The van der Waals surface area contributed by atoms with Crippen molar-refractivity contribution in [3.63, 3.8) is 0 Å². The Hall–Kier alpha value is -2.55. The Morgan fingerprint density at radius 1 is 1.11 bits per heavy atom. The van der Waals surface area contributed by atoms with Crippen LogP contribution in [0.5, 0.6) is 11.5 Å². The van der Waals surface area contributed by atoms with Crippen LogP contribution in [-0.2, 0) is 0 Å². The molecule has 0 spiro atoms. The van der Waals surface area contributed by atoms with Crippen LogP contribution in [0.15, 0.2) is 18.2 Å². The first kappa shape index (κ1) is 19.2. The molecule has 1 aliphatic heterocycles. The van der Waals surface area contributed by atoms with Gasteiger partial charge < -0.3 is 19.7 Å². The number of urea groups is 1. The number of ether oxygens (including phenoxy) is 2. The number of carbonyl (C=O) groups is 1. The maximum Gasteiger partial charge on any atom is 0.325 e. The molecule has 146 valence electrons. The summed E-state index contributed by atoms with van der Waals surface area (Å²) in [5.41, 5.74) is 0.591. The van der Waals surface area contributed by atoms with Gasteiger partial charge >= 0.3 is 6.03 Å².